The molecule has 0 saturated carbocycles. The van der Waals surface area contributed by atoms with Crippen molar-refractivity contribution in [3.8, 4) is 56.2 Å². The number of aromatic nitrogens is 2. The summed E-state index contributed by atoms with van der Waals surface area (Å²) in [7, 11) is 1.92. The van der Waals surface area contributed by atoms with Gasteiger partial charge in [-0.05, 0) is 23.8 Å². The number of benzene rings is 5. The Morgan fingerprint density at radius 2 is 0.846 bits per heavy atom. The Morgan fingerprint density at radius 1 is 0.462 bits per heavy atom. The summed E-state index contributed by atoms with van der Waals surface area (Å²) in [5, 5.41) is 3.27. The molecule has 4 nitrogen and oxygen atoms in total. The molecule has 0 fully saturated rings. The molecule has 0 aliphatic carbocycles. The topological polar surface area (TPSA) is 63.8 Å². The van der Waals surface area contributed by atoms with Crippen LogP contribution in [0.25, 0.3) is 56.2 Å². The maximum Gasteiger partial charge on any atom is 0.0973 e. The Kier molecular flexibility index (Phi) is 6.59. The van der Waals surface area contributed by atoms with E-state index in [-0.39, 0.29) is 0 Å². The summed E-state index contributed by atoms with van der Waals surface area (Å²) in [5.74, 6) is 0. The standard InChI is InChI=1S/C35H28N4/c1-37-31-22-21-29(36)23-30(31)24-17-19-28(20-18-24)35-34(27-15-9-4-10-16-27)38-32(25-11-5-2-6-12-25)33(39-35)26-13-7-3-8-14-26/h2-23,37H,36H2,1H3. The number of nitrogens with one attached hydrogen (secondary N) is 1. The second-order valence-corrected chi connectivity index (χ2v) is 9.35. The molecule has 0 unspecified atom stereocenters. The van der Waals surface area contributed by atoms with Gasteiger partial charge in [0.2, 0.25) is 0 Å². The van der Waals surface area contributed by atoms with E-state index >= 15 is 0 Å². The number of nitrogens with zero attached hydrogens (tertiary/aromatic N) is 2. The van der Waals surface area contributed by atoms with Crippen molar-refractivity contribution in [1.82, 2.24) is 9.97 Å². The molecular formula is C35H28N4. The molecule has 5 aromatic carbocycles. The zero-order chi connectivity index (χ0) is 26.6. The number of rotatable bonds is 6. The summed E-state index contributed by atoms with van der Waals surface area (Å²) in [6, 6.07) is 45.2. The second kappa shape index (κ2) is 10.6. The number of nitrogen functional groups attached to an aromatic ring is 1. The smallest absolute Gasteiger partial charge is 0.0973 e. The fourth-order valence-corrected chi connectivity index (χ4v) is 4.85. The van der Waals surface area contributed by atoms with Crippen molar-refractivity contribution >= 4 is 11.4 Å². The average Bonchev–Trinajstić information content (AvgIpc) is 3.02. The Morgan fingerprint density at radius 3 is 1.26 bits per heavy atom. The van der Waals surface area contributed by atoms with Gasteiger partial charge in [0, 0.05) is 46.2 Å². The summed E-state index contributed by atoms with van der Waals surface area (Å²) in [5.41, 5.74) is 17.5. The van der Waals surface area contributed by atoms with Gasteiger partial charge in [-0.25, -0.2) is 9.97 Å². The van der Waals surface area contributed by atoms with Crippen LogP contribution in [0.1, 0.15) is 0 Å². The van der Waals surface area contributed by atoms with E-state index in [1.807, 2.05) is 79.8 Å². The normalized spacial score (nSPS) is 10.8. The largest absolute Gasteiger partial charge is 0.399 e. The molecule has 6 rings (SSSR count). The van der Waals surface area contributed by atoms with Crippen LogP contribution >= 0.6 is 0 Å². The van der Waals surface area contributed by atoms with E-state index in [2.05, 4.69) is 66.0 Å². The van der Waals surface area contributed by atoms with Gasteiger partial charge in [0.25, 0.3) is 0 Å². The van der Waals surface area contributed by atoms with Gasteiger partial charge in [-0.1, -0.05) is 115 Å². The highest BCUT2D eigenvalue weighted by Crippen LogP contribution is 2.38. The monoisotopic (exact) mass is 504 g/mol. The maximum atomic E-state index is 6.11. The molecule has 188 valence electrons. The average molecular weight is 505 g/mol. The second-order valence-electron chi connectivity index (χ2n) is 9.35. The number of hydrogen-bond acceptors (Lipinski definition) is 4. The van der Waals surface area contributed by atoms with Crippen LogP contribution < -0.4 is 11.1 Å². The highest BCUT2D eigenvalue weighted by molar-refractivity contribution is 5.87. The van der Waals surface area contributed by atoms with Crippen molar-refractivity contribution in [2.75, 3.05) is 18.1 Å². The third-order valence-electron chi connectivity index (χ3n) is 6.82. The van der Waals surface area contributed by atoms with Gasteiger partial charge in [-0.2, -0.15) is 0 Å². The molecule has 0 amide bonds. The van der Waals surface area contributed by atoms with Crippen LogP contribution in [0.5, 0.6) is 0 Å². The third-order valence-corrected chi connectivity index (χ3v) is 6.82. The van der Waals surface area contributed by atoms with Crippen LogP contribution in [0.15, 0.2) is 133 Å². The molecule has 4 heteroatoms. The first-order chi connectivity index (χ1) is 19.2. The number of anilines is 2. The molecule has 6 aromatic rings. The summed E-state index contributed by atoms with van der Waals surface area (Å²) >= 11 is 0. The molecule has 0 spiro atoms. The molecule has 1 aromatic heterocycles. The minimum Gasteiger partial charge on any atom is -0.399 e. The number of nitrogens with two attached hydrogens (primary N) is 1. The van der Waals surface area contributed by atoms with E-state index in [1.165, 1.54) is 0 Å². The Balaban J connectivity index is 1.57. The van der Waals surface area contributed by atoms with Crippen molar-refractivity contribution in [3.05, 3.63) is 133 Å². The minimum absolute atomic E-state index is 0.731. The van der Waals surface area contributed by atoms with Crippen LogP contribution in [0, 0.1) is 0 Å². The fraction of sp³-hybridized carbons (Fsp3) is 0.0286. The lowest BCUT2D eigenvalue weighted by atomic mass is 9.97. The Hall–Kier alpha value is -5.22. The van der Waals surface area contributed by atoms with Gasteiger partial charge < -0.3 is 11.1 Å². The molecular weight excluding hydrogens is 476 g/mol. The predicted octanol–water partition coefficient (Wildman–Crippen LogP) is 8.44. The molecule has 0 aliphatic rings. The van der Waals surface area contributed by atoms with Crippen LogP contribution in [0.3, 0.4) is 0 Å². The zero-order valence-corrected chi connectivity index (χ0v) is 21.7. The van der Waals surface area contributed by atoms with E-state index in [9.17, 15) is 0 Å². The molecule has 0 bridgehead atoms. The Bertz CT molecular complexity index is 1710. The molecule has 0 saturated heterocycles. The highest BCUT2D eigenvalue weighted by atomic mass is 14.9. The molecule has 3 N–H and O–H groups in total. The van der Waals surface area contributed by atoms with E-state index in [4.69, 9.17) is 15.7 Å². The van der Waals surface area contributed by atoms with Crippen molar-refractivity contribution < 1.29 is 0 Å². The first-order valence-corrected chi connectivity index (χ1v) is 13.0. The first kappa shape index (κ1) is 24.1. The summed E-state index contributed by atoms with van der Waals surface area (Å²) < 4.78 is 0. The minimum atomic E-state index is 0.731. The van der Waals surface area contributed by atoms with Gasteiger partial charge in [0.1, 0.15) is 0 Å². The third kappa shape index (κ3) is 4.88. The van der Waals surface area contributed by atoms with Gasteiger partial charge >= 0.3 is 0 Å². The van der Waals surface area contributed by atoms with Crippen LogP contribution in [0.2, 0.25) is 0 Å². The molecule has 0 atom stereocenters. The van der Waals surface area contributed by atoms with Gasteiger partial charge in [0.05, 0.1) is 22.8 Å². The van der Waals surface area contributed by atoms with Crippen molar-refractivity contribution in [2.24, 2.45) is 0 Å². The van der Waals surface area contributed by atoms with Gasteiger partial charge in [0.15, 0.2) is 0 Å². The Labute approximate surface area is 228 Å². The van der Waals surface area contributed by atoms with Crippen LogP contribution in [0.4, 0.5) is 11.4 Å². The lowest BCUT2D eigenvalue weighted by molar-refractivity contribution is 1.21. The lowest BCUT2D eigenvalue weighted by Gasteiger charge is -2.16. The summed E-state index contributed by atoms with van der Waals surface area (Å²) in [6.45, 7) is 0. The molecule has 1 heterocycles. The van der Waals surface area contributed by atoms with Crippen molar-refractivity contribution in [2.45, 2.75) is 0 Å². The number of hydrogen-bond donors (Lipinski definition) is 2. The van der Waals surface area contributed by atoms with E-state index in [0.29, 0.717) is 0 Å². The van der Waals surface area contributed by atoms with Crippen molar-refractivity contribution in [1.29, 1.82) is 0 Å². The molecule has 0 radical (unpaired) electrons. The fourth-order valence-electron chi connectivity index (χ4n) is 4.85. The quantitative estimate of drug-likeness (QED) is 0.223. The SMILES string of the molecule is CNc1ccc(N)cc1-c1ccc(-c2nc(-c3ccccc3)c(-c3ccccc3)nc2-c2ccccc2)cc1. The van der Waals surface area contributed by atoms with Crippen LogP contribution in [-0.2, 0) is 0 Å². The van der Waals surface area contributed by atoms with Crippen LogP contribution in [-0.4, -0.2) is 17.0 Å². The van der Waals surface area contributed by atoms with Gasteiger partial charge in [-0.15, -0.1) is 0 Å². The maximum absolute atomic E-state index is 6.11. The predicted molar refractivity (Wildman–Crippen MR) is 163 cm³/mol. The molecule has 39 heavy (non-hydrogen) atoms. The first-order valence-electron chi connectivity index (χ1n) is 13.0. The van der Waals surface area contributed by atoms with Gasteiger partial charge in [-0.3, -0.25) is 0 Å². The van der Waals surface area contributed by atoms with E-state index in [0.717, 1.165) is 67.5 Å². The van der Waals surface area contributed by atoms with E-state index < -0.39 is 0 Å². The summed E-state index contributed by atoms with van der Waals surface area (Å²) in [4.78, 5) is 10.6. The van der Waals surface area contributed by atoms with E-state index in [1.54, 1.807) is 0 Å². The van der Waals surface area contributed by atoms with Crippen molar-refractivity contribution in [3.63, 3.8) is 0 Å². The lowest BCUT2D eigenvalue weighted by Crippen LogP contribution is -2.01. The molecule has 0 aliphatic heterocycles. The zero-order valence-electron chi connectivity index (χ0n) is 21.7. The summed E-state index contributed by atoms with van der Waals surface area (Å²) in [6.07, 6.45) is 0. The highest BCUT2D eigenvalue weighted by Gasteiger charge is 2.19.